The number of hydrogen-bond donors (Lipinski definition) is 1. The van der Waals surface area contributed by atoms with Gasteiger partial charge in [-0.25, -0.2) is 4.39 Å². The molecule has 1 aromatic rings. The third-order valence-corrected chi connectivity index (χ3v) is 5.60. The van der Waals surface area contributed by atoms with Crippen molar-refractivity contribution < 1.29 is 19.0 Å². The zero-order valence-corrected chi connectivity index (χ0v) is 14.6. The highest BCUT2D eigenvalue weighted by Crippen LogP contribution is 2.51. The molecule has 1 saturated heterocycles. The molecule has 0 unspecified atom stereocenters. The summed E-state index contributed by atoms with van der Waals surface area (Å²) in [4.78, 5) is 2.33. The summed E-state index contributed by atoms with van der Waals surface area (Å²) in [6, 6.07) is 5.20. The van der Waals surface area contributed by atoms with Gasteiger partial charge in [0.25, 0.3) is 0 Å². The molecule has 0 radical (unpaired) electrons. The van der Waals surface area contributed by atoms with Crippen LogP contribution in [-0.4, -0.2) is 48.5 Å². The topological polar surface area (TPSA) is 41.9 Å². The molecule has 2 fully saturated rings. The second-order valence-electron chi connectivity index (χ2n) is 6.90. The number of hydrogen-bond acceptors (Lipinski definition) is 4. The Bertz CT molecular complexity index is 556. The van der Waals surface area contributed by atoms with E-state index in [1.165, 1.54) is 0 Å². The molecule has 1 spiro atoms. The normalized spacial score (nSPS) is 26.3. The standard InChI is InChI=1S/C19H28FNO3/c1-3-23-16-6-5-14(11-15(16)20)13-21-9-7-19(8-10-21)17(22)12-18(19)24-4-2/h5-6,11,17-18,22H,3-4,7-10,12-13H2,1-2H3/t17-,18+/m1/s1. The molecule has 5 heteroatoms. The number of aliphatic hydroxyl groups is 1. The molecule has 2 atom stereocenters. The Hall–Kier alpha value is -1.17. The second kappa shape index (κ2) is 7.38. The minimum atomic E-state index is -0.298. The lowest BCUT2D eigenvalue weighted by Gasteiger charge is -2.56. The summed E-state index contributed by atoms with van der Waals surface area (Å²) in [5.74, 6) is 0.0182. The fourth-order valence-electron chi connectivity index (χ4n) is 4.12. The lowest BCUT2D eigenvalue weighted by Crippen LogP contribution is -2.62. The Kier molecular flexibility index (Phi) is 5.42. The number of nitrogens with zero attached hydrogens (tertiary/aromatic N) is 1. The smallest absolute Gasteiger partial charge is 0.165 e. The summed E-state index contributed by atoms with van der Waals surface area (Å²) in [6.07, 6.45) is 2.61. The van der Waals surface area contributed by atoms with Gasteiger partial charge in [-0.2, -0.15) is 0 Å². The van der Waals surface area contributed by atoms with E-state index < -0.39 is 0 Å². The molecule has 4 nitrogen and oxygen atoms in total. The highest BCUT2D eigenvalue weighted by molar-refractivity contribution is 5.29. The van der Waals surface area contributed by atoms with Gasteiger partial charge in [0.15, 0.2) is 11.6 Å². The zero-order valence-electron chi connectivity index (χ0n) is 14.6. The van der Waals surface area contributed by atoms with E-state index in [0.717, 1.165) is 44.5 Å². The molecule has 24 heavy (non-hydrogen) atoms. The van der Waals surface area contributed by atoms with Crippen molar-refractivity contribution in [3.63, 3.8) is 0 Å². The number of likely N-dealkylation sites (tertiary alicyclic amines) is 1. The van der Waals surface area contributed by atoms with Crippen LogP contribution in [0.5, 0.6) is 5.75 Å². The molecule has 134 valence electrons. The van der Waals surface area contributed by atoms with E-state index in [-0.39, 0.29) is 23.4 Å². The minimum absolute atomic E-state index is 0.0589. The van der Waals surface area contributed by atoms with Crippen LogP contribution in [0.3, 0.4) is 0 Å². The van der Waals surface area contributed by atoms with E-state index in [4.69, 9.17) is 9.47 Å². The van der Waals surface area contributed by atoms with Crippen LogP contribution in [0.4, 0.5) is 4.39 Å². The Morgan fingerprint density at radius 1 is 1.25 bits per heavy atom. The van der Waals surface area contributed by atoms with Gasteiger partial charge in [-0.05, 0) is 57.5 Å². The first-order valence-electron chi connectivity index (χ1n) is 9.02. The molecule has 0 aromatic heterocycles. The number of piperidine rings is 1. The van der Waals surface area contributed by atoms with Crippen molar-refractivity contribution in [2.24, 2.45) is 5.41 Å². The largest absolute Gasteiger partial charge is 0.491 e. The second-order valence-corrected chi connectivity index (χ2v) is 6.90. The Morgan fingerprint density at radius 2 is 2.00 bits per heavy atom. The molecule has 1 N–H and O–H groups in total. The fraction of sp³-hybridized carbons (Fsp3) is 0.684. The molecular weight excluding hydrogens is 309 g/mol. The molecule has 1 aromatic carbocycles. The van der Waals surface area contributed by atoms with Crippen LogP contribution in [0.2, 0.25) is 0 Å². The van der Waals surface area contributed by atoms with E-state index in [2.05, 4.69) is 4.90 Å². The number of halogens is 1. The van der Waals surface area contributed by atoms with Gasteiger partial charge in [-0.1, -0.05) is 6.07 Å². The number of aliphatic hydroxyl groups excluding tert-OH is 1. The summed E-state index contributed by atoms with van der Waals surface area (Å²) < 4.78 is 25.0. The maximum Gasteiger partial charge on any atom is 0.165 e. The summed E-state index contributed by atoms with van der Waals surface area (Å²) >= 11 is 0. The maximum absolute atomic E-state index is 14.0. The van der Waals surface area contributed by atoms with Crippen LogP contribution in [0.25, 0.3) is 0 Å². The van der Waals surface area contributed by atoms with Crippen molar-refractivity contribution in [3.05, 3.63) is 29.6 Å². The number of benzene rings is 1. The molecule has 1 saturated carbocycles. The minimum Gasteiger partial charge on any atom is -0.491 e. The van der Waals surface area contributed by atoms with Crippen LogP contribution in [-0.2, 0) is 11.3 Å². The molecule has 0 amide bonds. The van der Waals surface area contributed by atoms with Gasteiger partial charge < -0.3 is 14.6 Å². The average molecular weight is 337 g/mol. The average Bonchev–Trinajstić information content (AvgIpc) is 2.58. The molecule has 1 aliphatic heterocycles. The lowest BCUT2D eigenvalue weighted by molar-refractivity contribution is -0.209. The molecule has 1 aliphatic carbocycles. The van der Waals surface area contributed by atoms with Crippen LogP contribution in [0.15, 0.2) is 18.2 Å². The van der Waals surface area contributed by atoms with E-state index in [1.807, 2.05) is 19.9 Å². The SMILES string of the molecule is CCOc1ccc(CN2CCC3(CC2)[C@H](O)C[C@@H]3OCC)cc1F. The van der Waals surface area contributed by atoms with Gasteiger partial charge >= 0.3 is 0 Å². The summed E-state index contributed by atoms with van der Waals surface area (Å²) in [7, 11) is 0. The van der Waals surface area contributed by atoms with Crippen molar-refractivity contribution in [1.82, 2.24) is 4.90 Å². The highest BCUT2D eigenvalue weighted by Gasteiger charge is 2.55. The Balaban J connectivity index is 1.57. The van der Waals surface area contributed by atoms with E-state index >= 15 is 0 Å². The van der Waals surface area contributed by atoms with Gasteiger partial charge in [-0.15, -0.1) is 0 Å². The lowest BCUT2D eigenvalue weighted by atomic mass is 9.58. The Morgan fingerprint density at radius 3 is 2.58 bits per heavy atom. The van der Waals surface area contributed by atoms with Crippen molar-refractivity contribution in [2.75, 3.05) is 26.3 Å². The number of rotatable bonds is 6. The van der Waals surface area contributed by atoms with Crippen molar-refractivity contribution >= 4 is 0 Å². The summed E-state index contributed by atoms with van der Waals surface area (Å²) in [5.41, 5.74) is 0.902. The summed E-state index contributed by atoms with van der Waals surface area (Å²) in [6.45, 7) is 7.58. The third-order valence-electron chi connectivity index (χ3n) is 5.60. The van der Waals surface area contributed by atoms with Crippen molar-refractivity contribution in [3.8, 4) is 5.75 Å². The van der Waals surface area contributed by atoms with Gasteiger partial charge in [-0.3, -0.25) is 4.90 Å². The zero-order chi connectivity index (χ0) is 17.2. The first-order chi connectivity index (χ1) is 11.6. The molecule has 2 aliphatic rings. The predicted octanol–water partition coefficient (Wildman–Crippen LogP) is 2.98. The summed E-state index contributed by atoms with van der Waals surface area (Å²) in [5, 5.41) is 10.3. The van der Waals surface area contributed by atoms with Gasteiger partial charge in [0.2, 0.25) is 0 Å². The van der Waals surface area contributed by atoms with Gasteiger partial charge in [0.05, 0.1) is 18.8 Å². The van der Waals surface area contributed by atoms with Gasteiger partial charge in [0, 0.05) is 25.0 Å². The van der Waals surface area contributed by atoms with Crippen LogP contribution in [0, 0.1) is 11.2 Å². The van der Waals surface area contributed by atoms with E-state index in [0.29, 0.717) is 19.0 Å². The van der Waals surface area contributed by atoms with Gasteiger partial charge in [0.1, 0.15) is 0 Å². The highest BCUT2D eigenvalue weighted by atomic mass is 19.1. The first-order valence-corrected chi connectivity index (χ1v) is 9.02. The van der Waals surface area contributed by atoms with E-state index in [9.17, 15) is 9.50 Å². The van der Waals surface area contributed by atoms with E-state index in [1.54, 1.807) is 12.1 Å². The monoisotopic (exact) mass is 337 g/mol. The molecule has 1 heterocycles. The maximum atomic E-state index is 14.0. The molecule has 3 rings (SSSR count). The van der Waals surface area contributed by atoms with Crippen molar-refractivity contribution in [2.45, 2.75) is 51.9 Å². The van der Waals surface area contributed by atoms with Crippen molar-refractivity contribution in [1.29, 1.82) is 0 Å². The molecule has 0 bridgehead atoms. The Labute approximate surface area is 143 Å². The fourth-order valence-corrected chi connectivity index (χ4v) is 4.12. The quantitative estimate of drug-likeness (QED) is 0.866. The first kappa shape index (κ1) is 17.6. The molecular formula is C19H28FNO3. The van der Waals surface area contributed by atoms with Crippen LogP contribution < -0.4 is 4.74 Å². The van der Waals surface area contributed by atoms with Crippen LogP contribution in [0.1, 0.15) is 38.7 Å². The number of ether oxygens (including phenoxy) is 2. The predicted molar refractivity (Wildman–Crippen MR) is 90.6 cm³/mol. The third kappa shape index (κ3) is 3.30. The van der Waals surface area contributed by atoms with Crippen LogP contribution >= 0.6 is 0 Å².